The van der Waals surface area contributed by atoms with Crippen LogP contribution in [-0.2, 0) is 43.5 Å². The zero-order chi connectivity index (χ0) is 23.5. The average Bonchev–Trinajstić information content (AvgIpc) is 2.87. The van der Waals surface area contributed by atoms with Crippen LogP contribution in [0, 0.1) is 20.0 Å². The number of benzene rings is 2. The monoisotopic (exact) mass is 527 g/mol. The van der Waals surface area contributed by atoms with E-state index >= 15 is 0 Å². The molecule has 176 valence electrons. The summed E-state index contributed by atoms with van der Waals surface area (Å²) in [5.41, 5.74) is 15.4. The van der Waals surface area contributed by atoms with E-state index in [2.05, 4.69) is 97.6 Å². The van der Waals surface area contributed by atoms with Gasteiger partial charge in [-0.15, -0.1) is 25.5 Å². The minimum absolute atomic E-state index is 0. The number of rotatable bonds is 0. The number of hydrogen-bond donors (Lipinski definition) is 0. The number of nitrogens with one attached hydrogen (secondary N) is 1. The van der Waals surface area contributed by atoms with Gasteiger partial charge in [-0.25, -0.2) is 0 Å². The summed E-state index contributed by atoms with van der Waals surface area (Å²) in [6, 6.07) is 15.2. The fourth-order valence-electron chi connectivity index (χ4n) is 3.03. The van der Waals surface area contributed by atoms with Gasteiger partial charge < -0.3 is 19.7 Å². The number of fused-ring (bicyclic) bond motifs is 3. The molecule has 2 aromatic rings. The Bertz CT molecular complexity index is 763. The van der Waals surface area contributed by atoms with Crippen molar-refractivity contribution < 1.29 is 26.2 Å². The van der Waals surface area contributed by atoms with Gasteiger partial charge in [0, 0.05) is 0 Å². The van der Waals surface area contributed by atoms with Crippen LogP contribution in [0.15, 0.2) is 30.3 Å². The van der Waals surface area contributed by atoms with Gasteiger partial charge in [0.15, 0.2) is 0 Å². The summed E-state index contributed by atoms with van der Waals surface area (Å²) in [4.78, 5) is 0. The second-order valence-electron chi connectivity index (χ2n) is 12.0. The van der Waals surface area contributed by atoms with Crippen molar-refractivity contribution in [1.29, 1.82) is 0 Å². The summed E-state index contributed by atoms with van der Waals surface area (Å²) in [5.74, 6) is 0. The van der Waals surface area contributed by atoms with Crippen LogP contribution in [-0.4, -0.2) is 14.3 Å². The Kier molecular flexibility index (Phi) is 13.5. The van der Waals surface area contributed by atoms with E-state index in [0.717, 1.165) is 6.42 Å². The van der Waals surface area contributed by atoms with Gasteiger partial charge in [-0.2, -0.15) is 23.8 Å². The molecule has 0 spiro atoms. The summed E-state index contributed by atoms with van der Waals surface area (Å²) < 4.78 is 0. The molecule has 0 amide bonds. The molecule has 1 aliphatic carbocycles. The van der Waals surface area contributed by atoms with Crippen LogP contribution in [0.25, 0.3) is 16.9 Å². The molecule has 0 atom stereocenters. The van der Waals surface area contributed by atoms with E-state index in [1.165, 1.54) is 33.4 Å². The van der Waals surface area contributed by atoms with Crippen molar-refractivity contribution in [2.75, 3.05) is 0 Å². The summed E-state index contributed by atoms with van der Waals surface area (Å²) in [6.45, 7) is 27.3. The fourth-order valence-corrected chi connectivity index (χ4v) is 3.03. The van der Waals surface area contributed by atoms with Crippen molar-refractivity contribution >= 4 is 8.80 Å². The molecule has 0 bridgehead atoms. The molecule has 0 aliphatic heterocycles. The topological polar surface area (TPSA) is 23.8 Å². The molecule has 1 nitrogen and oxygen atoms in total. The number of hydrogen-bond acceptors (Lipinski definition) is 0. The Morgan fingerprint density at radius 2 is 1.28 bits per heavy atom. The summed E-state index contributed by atoms with van der Waals surface area (Å²) in [6.07, 6.45) is 1.03. The zero-order valence-electron chi connectivity index (χ0n) is 22.9. The summed E-state index contributed by atoms with van der Waals surface area (Å²) in [5, 5.41) is 0. The first-order chi connectivity index (χ1) is 13.4. The Hall–Kier alpha value is -0.500. The van der Waals surface area contributed by atoms with E-state index in [1.54, 1.807) is 0 Å². The molecular formula is C29H47NSiZr. The van der Waals surface area contributed by atoms with Crippen molar-refractivity contribution in [3.63, 3.8) is 0 Å². The van der Waals surface area contributed by atoms with Gasteiger partial charge >= 0.3 is 26.2 Å². The minimum atomic E-state index is -0.389. The molecule has 0 aromatic heterocycles. The molecule has 0 heterocycles. The molecule has 1 aliphatic rings. The van der Waals surface area contributed by atoms with E-state index in [0.29, 0.717) is 0 Å². The Labute approximate surface area is 221 Å². The van der Waals surface area contributed by atoms with Crippen molar-refractivity contribution in [3.05, 3.63) is 78.4 Å². The first kappa shape index (κ1) is 33.7. The van der Waals surface area contributed by atoms with Gasteiger partial charge in [0.05, 0.1) is 0 Å². The van der Waals surface area contributed by atoms with Gasteiger partial charge in [-0.05, 0) is 28.4 Å². The zero-order valence-corrected chi connectivity index (χ0v) is 26.5. The second kappa shape index (κ2) is 12.8. The molecular weight excluding hydrogens is 482 g/mol. The van der Waals surface area contributed by atoms with E-state index in [-0.39, 0.29) is 58.8 Å². The summed E-state index contributed by atoms with van der Waals surface area (Å²) >= 11 is 0. The maximum absolute atomic E-state index is 6.94. The molecule has 3 rings (SSSR count). The fraction of sp³-hybridized carbons (Fsp3) is 0.517. The maximum atomic E-state index is 6.94. The molecule has 1 N–H and O–H groups in total. The van der Waals surface area contributed by atoms with Crippen molar-refractivity contribution in [2.24, 2.45) is 0 Å². The van der Waals surface area contributed by atoms with Crippen LogP contribution in [0.5, 0.6) is 0 Å². The van der Waals surface area contributed by atoms with Gasteiger partial charge in [-0.1, -0.05) is 99.2 Å². The van der Waals surface area contributed by atoms with Crippen molar-refractivity contribution in [3.8, 4) is 11.1 Å². The molecule has 2 aromatic carbocycles. The molecule has 0 fully saturated rings. The molecule has 32 heavy (non-hydrogen) atoms. The third-order valence-corrected chi connectivity index (χ3v) is 4.46. The van der Waals surface area contributed by atoms with Gasteiger partial charge in [0.2, 0.25) is 0 Å². The molecule has 0 saturated carbocycles. The van der Waals surface area contributed by atoms with Crippen LogP contribution < -0.4 is 0 Å². The third kappa shape index (κ3) is 11.6. The average molecular weight is 529 g/mol. The van der Waals surface area contributed by atoms with Crippen LogP contribution in [0.1, 0.15) is 84.6 Å². The SMILES string of the molecule is CC(C)(C)[NH-].CC(C)(C)c1[c-]c2c(cc1)-c1ccc(C(C)(C)C)cc1C2.[CH2-][SiH](C)C.[CH3-].[Zr+4]. The Morgan fingerprint density at radius 3 is 1.69 bits per heavy atom. The standard InChI is InChI=1S/C21H25.C4H10N.C3H9Si.CH3.Zr/c1-20(2,3)16-7-9-18-14(12-16)11-15-13-17(21(4,5)6)8-10-19(15)18;1-4(2,3)5;1-4(2)3;;/h7-10,12H,11H2,1-6H3;5H,1-3H3;4H,1H2,2-3H3;1H3;/q4*-1;+4. The van der Waals surface area contributed by atoms with Crippen LogP contribution in [0.2, 0.25) is 13.1 Å². The molecule has 3 heteroatoms. The van der Waals surface area contributed by atoms with Crippen molar-refractivity contribution in [1.82, 2.24) is 0 Å². The second-order valence-corrected chi connectivity index (χ2v) is 14.7. The first-order valence-electron chi connectivity index (χ1n) is 11.2. The normalized spacial score (nSPS) is 12.2. The van der Waals surface area contributed by atoms with E-state index < -0.39 is 0 Å². The van der Waals surface area contributed by atoms with Crippen LogP contribution in [0.4, 0.5) is 0 Å². The largest absolute Gasteiger partial charge is 4.00 e. The third-order valence-electron chi connectivity index (χ3n) is 4.46. The quantitative estimate of drug-likeness (QED) is 0.206. The Morgan fingerprint density at radius 1 is 0.844 bits per heavy atom. The first-order valence-corrected chi connectivity index (χ1v) is 14.3. The summed E-state index contributed by atoms with van der Waals surface area (Å²) in [7, 11) is -0.389. The molecule has 0 unspecified atom stereocenters. The maximum Gasteiger partial charge on any atom is 4.00 e. The van der Waals surface area contributed by atoms with E-state index in [1.807, 2.05) is 20.8 Å². The van der Waals surface area contributed by atoms with Gasteiger partial charge in [0.1, 0.15) is 0 Å². The van der Waals surface area contributed by atoms with E-state index in [4.69, 9.17) is 5.73 Å². The van der Waals surface area contributed by atoms with Crippen LogP contribution >= 0.6 is 0 Å². The predicted molar refractivity (Wildman–Crippen MR) is 146 cm³/mol. The van der Waals surface area contributed by atoms with Crippen LogP contribution in [0.3, 0.4) is 0 Å². The smallest absolute Gasteiger partial charge is 0.673 e. The molecule has 0 saturated heterocycles. The Balaban J connectivity index is 0. The van der Waals surface area contributed by atoms with Gasteiger partial charge in [-0.3, -0.25) is 0 Å². The van der Waals surface area contributed by atoms with E-state index in [9.17, 15) is 0 Å². The predicted octanol–water partition coefficient (Wildman–Crippen LogP) is 8.78. The van der Waals surface area contributed by atoms with Gasteiger partial charge in [0.25, 0.3) is 0 Å². The van der Waals surface area contributed by atoms with Crippen molar-refractivity contribution in [2.45, 2.75) is 98.2 Å². The minimum Gasteiger partial charge on any atom is -0.673 e. The molecule has 0 radical (unpaired) electrons.